The van der Waals surface area contributed by atoms with Gasteiger partial charge in [-0.1, -0.05) is 12.1 Å². The summed E-state index contributed by atoms with van der Waals surface area (Å²) in [6.45, 7) is 5.25. The van der Waals surface area contributed by atoms with Crippen LogP contribution in [0.15, 0.2) is 41.3 Å². The number of H-pyrrole nitrogens is 1. The van der Waals surface area contributed by atoms with Crippen molar-refractivity contribution in [1.82, 2.24) is 14.8 Å². The largest absolute Gasteiger partial charge is 0.458 e. The quantitative estimate of drug-likeness (QED) is 0.392. The number of alkyl halides is 3. The van der Waals surface area contributed by atoms with Gasteiger partial charge in [-0.2, -0.15) is 23.5 Å². The van der Waals surface area contributed by atoms with E-state index in [4.69, 9.17) is 9.47 Å². The number of hydrogen-bond donors (Lipinski definition) is 2. The first-order valence-electron chi connectivity index (χ1n) is 12.6. The van der Waals surface area contributed by atoms with E-state index in [1.165, 1.54) is 30.5 Å². The second kappa shape index (κ2) is 10.9. The molecule has 0 radical (unpaired) electrons. The summed E-state index contributed by atoms with van der Waals surface area (Å²) in [5.41, 5.74) is -1.39. The molecule has 10 nitrogen and oxygen atoms in total. The van der Waals surface area contributed by atoms with Gasteiger partial charge in [0.2, 0.25) is 0 Å². The van der Waals surface area contributed by atoms with Crippen molar-refractivity contribution >= 4 is 28.4 Å². The number of fused-ring (bicyclic) bond motifs is 1. The van der Waals surface area contributed by atoms with Crippen LogP contribution < -0.4 is 10.9 Å². The molecule has 0 spiro atoms. The number of carbonyl (C=O) groups excluding carboxylic acids is 1. The van der Waals surface area contributed by atoms with E-state index in [1.54, 1.807) is 31.5 Å². The minimum atomic E-state index is -4.58. The summed E-state index contributed by atoms with van der Waals surface area (Å²) in [5.74, 6) is -0.345. The highest BCUT2D eigenvalue weighted by molar-refractivity contribution is 5.91. The van der Waals surface area contributed by atoms with E-state index in [1.807, 2.05) is 0 Å². The van der Waals surface area contributed by atoms with Crippen LogP contribution in [0.4, 0.5) is 24.7 Å². The number of nitrogens with zero attached hydrogens (tertiary/aromatic N) is 3. The molecular formula is C27H30F3N5O5. The Morgan fingerprint density at radius 1 is 1.30 bits per heavy atom. The lowest BCUT2D eigenvalue weighted by Crippen LogP contribution is -2.47. The van der Waals surface area contributed by atoms with Gasteiger partial charge < -0.3 is 24.5 Å². The number of hydrogen-bond acceptors (Lipinski definition) is 8. The number of pyridine rings is 1. The van der Waals surface area contributed by atoms with Crippen LogP contribution in [0.25, 0.3) is 10.9 Å². The summed E-state index contributed by atoms with van der Waals surface area (Å²) in [5, 5.41) is 17.5. The molecule has 40 heavy (non-hydrogen) atoms. The Labute approximate surface area is 228 Å². The maximum absolute atomic E-state index is 13.2. The number of nitrogens with one attached hydrogen (secondary N) is 2. The van der Waals surface area contributed by atoms with Gasteiger partial charge >= 0.3 is 12.1 Å². The van der Waals surface area contributed by atoms with E-state index >= 15 is 0 Å². The van der Waals surface area contributed by atoms with Gasteiger partial charge in [-0.3, -0.25) is 9.48 Å². The highest BCUT2D eigenvalue weighted by atomic mass is 19.4. The molecule has 0 bridgehead atoms. The van der Waals surface area contributed by atoms with Crippen LogP contribution >= 0.6 is 0 Å². The molecule has 214 valence electrons. The summed E-state index contributed by atoms with van der Waals surface area (Å²) < 4.78 is 57.2. The van der Waals surface area contributed by atoms with Crippen LogP contribution in [0.1, 0.15) is 51.7 Å². The molecule has 3 unspecified atom stereocenters. The first-order valence-corrected chi connectivity index (χ1v) is 12.6. The topological polar surface area (TPSA) is 131 Å². The minimum Gasteiger partial charge on any atom is -0.458 e. The summed E-state index contributed by atoms with van der Waals surface area (Å²) in [6, 6.07) is 9.21. The monoisotopic (exact) mass is 561 g/mol. The average molecular weight is 562 g/mol. The van der Waals surface area contributed by atoms with Crippen molar-refractivity contribution in [2.45, 2.75) is 69.6 Å². The van der Waals surface area contributed by atoms with Gasteiger partial charge in [0.05, 0.1) is 30.2 Å². The first-order chi connectivity index (χ1) is 18.8. The zero-order chi connectivity index (χ0) is 29.3. The normalized spacial score (nSPS) is 20.6. The average Bonchev–Trinajstić information content (AvgIpc) is 3.24. The number of ether oxygens (including phenoxy) is 3. The molecule has 2 aromatic heterocycles. The third-order valence-corrected chi connectivity index (χ3v) is 6.57. The van der Waals surface area contributed by atoms with Gasteiger partial charge in [-0.25, -0.2) is 4.79 Å². The van der Waals surface area contributed by atoms with E-state index in [9.17, 15) is 28.0 Å². The number of aromatic amines is 1. The minimum absolute atomic E-state index is 0.0123. The molecule has 3 aromatic rings. The summed E-state index contributed by atoms with van der Waals surface area (Å²) in [6.07, 6.45) is -5.40. The molecule has 13 heteroatoms. The van der Waals surface area contributed by atoms with Gasteiger partial charge in [0.15, 0.2) is 18.0 Å². The Bertz CT molecular complexity index is 1460. The molecule has 1 aliphatic rings. The van der Waals surface area contributed by atoms with E-state index in [0.717, 1.165) is 7.11 Å². The number of anilines is 2. The Hall–Kier alpha value is -3.89. The van der Waals surface area contributed by atoms with Crippen LogP contribution in [-0.2, 0) is 24.5 Å². The number of benzene rings is 1. The van der Waals surface area contributed by atoms with Crippen molar-refractivity contribution in [3.63, 3.8) is 0 Å². The number of esters is 1. The highest BCUT2D eigenvalue weighted by Crippen LogP contribution is 2.38. The summed E-state index contributed by atoms with van der Waals surface area (Å²) in [4.78, 5) is 28.0. The van der Waals surface area contributed by atoms with Crippen molar-refractivity contribution in [1.29, 1.82) is 5.26 Å². The number of rotatable bonds is 7. The van der Waals surface area contributed by atoms with Gasteiger partial charge in [-0.05, 0) is 57.4 Å². The van der Waals surface area contributed by atoms with Crippen molar-refractivity contribution in [3.05, 3.63) is 52.4 Å². The van der Waals surface area contributed by atoms with Crippen LogP contribution in [0.3, 0.4) is 0 Å². The lowest BCUT2D eigenvalue weighted by Gasteiger charge is -2.39. The fourth-order valence-corrected chi connectivity index (χ4v) is 4.76. The Morgan fingerprint density at radius 2 is 2.00 bits per heavy atom. The molecule has 4 rings (SSSR count). The SMILES string of the molecule is COC(c1ccc(Nc2nn(C3(CC#N)CCC(C(=O)OC(C)(C)C)OC3)c3cc[nH]c(=O)c23)cc1)C(F)(F)F. The zero-order valence-electron chi connectivity index (χ0n) is 22.5. The molecule has 1 saturated heterocycles. The maximum atomic E-state index is 13.2. The smallest absolute Gasteiger partial charge is 0.418 e. The van der Waals surface area contributed by atoms with Gasteiger partial charge in [-0.15, -0.1) is 0 Å². The van der Waals surface area contributed by atoms with E-state index < -0.39 is 41.1 Å². The second-order valence-corrected chi connectivity index (χ2v) is 10.7. The fourth-order valence-electron chi connectivity index (χ4n) is 4.76. The first kappa shape index (κ1) is 29.1. The Morgan fingerprint density at radius 3 is 2.55 bits per heavy atom. The van der Waals surface area contributed by atoms with Crippen LogP contribution in [0.2, 0.25) is 0 Å². The Balaban J connectivity index is 1.67. The van der Waals surface area contributed by atoms with Crippen LogP contribution in [0.5, 0.6) is 0 Å². The third-order valence-electron chi connectivity index (χ3n) is 6.57. The Kier molecular flexibility index (Phi) is 7.96. The van der Waals surface area contributed by atoms with E-state index in [-0.39, 0.29) is 36.2 Å². The highest BCUT2D eigenvalue weighted by Gasteiger charge is 2.43. The van der Waals surface area contributed by atoms with Crippen molar-refractivity contribution < 1.29 is 32.2 Å². The van der Waals surface area contributed by atoms with Crippen molar-refractivity contribution in [2.24, 2.45) is 0 Å². The fraction of sp³-hybridized carbons (Fsp3) is 0.481. The molecule has 1 fully saturated rings. The number of halogens is 3. The molecule has 3 atom stereocenters. The molecule has 0 amide bonds. The number of methoxy groups -OCH3 is 1. The van der Waals surface area contributed by atoms with E-state index in [2.05, 4.69) is 26.2 Å². The molecule has 2 N–H and O–H groups in total. The van der Waals surface area contributed by atoms with Gasteiger partial charge in [0.25, 0.3) is 5.56 Å². The summed E-state index contributed by atoms with van der Waals surface area (Å²) >= 11 is 0. The predicted octanol–water partition coefficient (Wildman–Crippen LogP) is 4.85. The number of nitriles is 1. The molecule has 3 heterocycles. The number of aromatic nitrogens is 3. The van der Waals surface area contributed by atoms with E-state index in [0.29, 0.717) is 17.6 Å². The van der Waals surface area contributed by atoms with Crippen molar-refractivity contribution in [3.8, 4) is 6.07 Å². The van der Waals surface area contributed by atoms with Crippen molar-refractivity contribution in [2.75, 3.05) is 19.0 Å². The molecular weight excluding hydrogens is 531 g/mol. The van der Waals surface area contributed by atoms with Gasteiger partial charge in [0.1, 0.15) is 11.0 Å². The molecule has 0 saturated carbocycles. The zero-order valence-corrected chi connectivity index (χ0v) is 22.5. The molecule has 1 aromatic carbocycles. The standard InChI is InChI=1S/C27H30F3N5O5/c1-25(2,3)40-24(37)19-9-11-26(12-13-31,15-39-19)35-18-10-14-32-23(36)20(18)22(34-35)33-17-7-5-16(6-8-17)21(38-4)27(28,29)30/h5-8,10,14,19,21H,9,11-12,15H2,1-4H3,(H,32,36)(H,33,34). The lowest BCUT2D eigenvalue weighted by molar-refractivity contribution is -0.215. The molecule has 0 aliphatic carbocycles. The molecule has 1 aliphatic heterocycles. The van der Waals surface area contributed by atoms with Crippen LogP contribution in [0, 0.1) is 11.3 Å². The second-order valence-electron chi connectivity index (χ2n) is 10.7. The predicted molar refractivity (Wildman–Crippen MR) is 139 cm³/mol. The van der Waals surface area contributed by atoms with Crippen LogP contribution in [-0.4, -0.2) is 52.3 Å². The van der Waals surface area contributed by atoms with Gasteiger partial charge in [0, 0.05) is 19.0 Å². The maximum Gasteiger partial charge on any atom is 0.418 e. The summed E-state index contributed by atoms with van der Waals surface area (Å²) in [7, 11) is 0.983. The lowest BCUT2D eigenvalue weighted by atomic mass is 9.87. The third kappa shape index (κ3) is 5.97. The number of carbonyl (C=O) groups is 1.